The minimum Gasteiger partial charge on any atom is -0.379 e. The zero-order valence-corrected chi connectivity index (χ0v) is 17.0. The number of aliphatic imine (C=N–C) groups is 1. The lowest BCUT2D eigenvalue weighted by Crippen LogP contribution is -2.44. The number of ether oxygens (including phenoxy) is 1. The van der Waals surface area contributed by atoms with Crippen molar-refractivity contribution < 1.29 is 4.74 Å². The maximum Gasteiger partial charge on any atom is 0.191 e. The van der Waals surface area contributed by atoms with E-state index in [0.717, 1.165) is 50.9 Å². The van der Waals surface area contributed by atoms with Gasteiger partial charge in [0.25, 0.3) is 0 Å². The zero-order chi connectivity index (χ0) is 15.8. The molecular formula is C15H23Cl2IN4O. The Morgan fingerprint density at radius 1 is 1.26 bits per heavy atom. The fourth-order valence-corrected chi connectivity index (χ4v) is 2.70. The van der Waals surface area contributed by atoms with Crippen molar-refractivity contribution in [2.45, 2.75) is 6.54 Å². The van der Waals surface area contributed by atoms with Gasteiger partial charge in [0.05, 0.1) is 13.2 Å². The number of hydrogen-bond donors (Lipinski definition) is 2. The largest absolute Gasteiger partial charge is 0.379 e. The average Bonchev–Trinajstić information content (AvgIpc) is 2.53. The minimum atomic E-state index is 0. The Labute approximate surface area is 164 Å². The Morgan fingerprint density at radius 3 is 2.65 bits per heavy atom. The number of nitrogens with zero attached hydrogens (tertiary/aromatic N) is 2. The van der Waals surface area contributed by atoms with Crippen LogP contribution in [0.5, 0.6) is 0 Å². The van der Waals surface area contributed by atoms with Crippen LogP contribution in [0.2, 0.25) is 10.0 Å². The Kier molecular flexibility index (Phi) is 10.2. The van der Waals surface area contributed by atoms with Crippen LogP contribution in [0, 0.1) is 0 Å². The second kappa shape index (κ2) is 11.3. The zero-order valence-electron chi connectivity index (χ0n) is 13.1. The first kappa shape index (κ1) is 20.8. The second-order valence-corrected chi connectivity index (χ2v) is 5.89. The molecular weight excluding hydrogens is 450 g/mol. The molecule has 8 heteroatoms. The summed E-state index contributed by atoms with van der Waals surface area (Å²) >= 11 is 12.1. The summed E-state index contributed by atoms with van der Waals surface area (Å²) in [5.41, 5.74) is 0.988. The SMILES string of the molecule is CN=C(NCCN1CCOCC1)NCc1ccc(Cl)cc1Cl.I. The van der Waals surface area contributed by atoms with Crippen molar-refractivity contribution in [3.05, 3.63) is 33.8 Å². The normalized spacial score (nSPS) is 15.9. The summed E-state index contributed by atoms with van der Waals surface area (Å²) in [6.45, 7) is 6.05. The van der Waals surface area contributed by atoms with Crippen molar-refractivity contribution in [3.63, 3.8) is 0 Å². The van der Waals surface area contributed by atoms with Crippen LogP contribution in [0.1, 0.15) is 5.56 Å². The van der Waals surface area contributed by atoms with E-state index in [9.17, 15) is 0 Å². The average molecular weight is 473 g/mol. The topological polar surface area (TPSA) is 48.9 Å². The predicted molar refractivity (Wildman–Crippen MR) is 107 cm³/mol. The number of rotatable bonds is 5. The van der Waals surface area contributed by atoms with Gasteiger partial charge in [0, 0.05) is 49.8 Å². The Balaban J connectivity index is 0.00000264. The summed E-state index contributed by atoms with van der Waals surface area (Å²) in [7, 11) is 1.76. The lowest BCUT2D eigenvalue weighted by molar-refractivity contribution is 0.0389. The number of nitrogens with one attached hydrogen (secondary N) is 2. The van der Waals surface area contributed by atoms with Gasteiger partial charge in [-0.15, -0.1) is 24.0 Å². The van der Waals surface area contributed by atoms with Gasteiger partial charge >= 0.3 is 0 Å². The highest BCUT2D eigenvalue weighted by molar-refractivity contribution is 14.0. The van der Waals surface area contributed by atoms with E-state index in [0.29, 0.717) is 16.6 Å². The van der Waals surface area contributed by atoms with E-state index in [4.69, 9.17) is 27.9 Å². The summed E-state index contributed by atoms with van der Waals surface area (Å²) in [5.74, 6) is 0.763. The molecule has 0 radical (unpaired) electrons. The second-order valence-electron chi connectivity index (χ2n) is 5.04. The van der Waals surface area contributed by atoms with Crippen LogP contribution >= 0.6 is 47.2 Å². The van der Waals surface area contributed by atoms with E-state index in [2.05, 4.69) is 20.5 Å². The number of hydrogen-bond acceptors (Lipinski definition) is 3. The van der Waals surface area contributed by atoms with Gasteiger partial charge in [-0.25, -0.2) is 0 Å². The van der Waals surface area contributed by atoms with Gasteiger partial charge in [0.1, 0.15) is 0 Å². The molecule has 1 aromatic carbocycles. The molecule has 0 spiro atoms. The molecule has 0 unspecified atom stereocenters. The van der Waals surface area contributed by atoms with Gasteiger partial charge in [0.2, 0.25) is 0 Å². The fraction of sp³-hybridized carbons (Fsp3) is 0.533. The monoisotopic (exact) mass is 472 g/mol. The van der Waals surface area contributed by atoms with Crippen molar-refractivity contribution in [1.29, 1.82) is 0 Å². The fourth-order valence-electron chi connectivity index (χ4n) is 2.22. The molecule has 1 aliphatic rings. The lowest BCUT2D eigenvalue weighted by Gasteiger charge is -2.26. The third-order valence-corrected chi connectivity index (χ3v) is 4.10. The third kappa shape index (κ3) is 7.43. The van der Waals surface area contributed by atoms with Gasteiger partial charge in [0.15, 0.2) is 5.96 Å². The summed E-state index contributed by atoms with van der Waals surface area (Å²) in [5, 5.41) is 7.85. The smallest absolute Gasteiger partial charge is 0.191 e. The van der Waals surface area contributed by atoms with Crippen LogP contribution in [0.4, 0.5) is 0 Å². The van der Waals surface area contributed by atoms with Gasteiger partial charge in [-0.3, -0.25) is 9.89 Å². The van der Waals surface area contributed by atoms with E-state index in [1.165, 1.54) is 0 Å². The standard InChI is InChI=1S/C15H22Cl2N4O.HI/c1-18-15(19-4-5-21-6-8-22-9-7-21)20-11-12-2-3-13(16)10-14(12)17;/h2-3,10H,4-9,11H2,1H3,(H2,18,19,20);1H. The quantitative estimate of drug-likeness (QED) is 0.393. The molecule has 1 saturated heterocycles. The van der Waals surface area contributed by atoms with Crippen molar-refractivity contribution in [2.75, 3.05) is 46.4 Å². The highest BCUT2D eigenvalue weighted by atomic mass is 127. The molecule has 130 valence electrons. The van der Waals surface area contributed by atoms with E-state index in [1.807, 2.05) is 12.1 Å². The molecule has 23 heavy (non-hydrogen) atoms. The summed E-state index contributed by atoms with van der Waals surface area (Å²) in [6.07, 6.45) is 0. The van der Waals surface area contributed by atoms with Crippen molar-refractivity contribution in [1.82, 2.24) is 15.5 Å². The van der Waals surface area contributed by atoms with Gasteiger partial charge in [-0.2, -0.15) is 0 Å². The predicted octanol–water partition coefficient (Wildman–Crippen LogP) is 2.61. The highest BCUT2D eigenvalue weighted by Crippen LogP contribution is 2.20. The maximum absolute atomic E-state index is 6.16. The first-order chi connectivity index (χ1) is 10.7. The number of guanidine groups is 1. The molecule has 0 atom stereocenters. The molecule has 5 nitrogen and oxygen atoms in total. The molecule has 1 aliphatic heterocycles. The summed E-state index contributed by atoms with van der Waals surface area (Å²) < 4.78 is 5.34. The molecule has 0 saturated carbocycles. The molecule has 1 heterocycles. The van der Waals surface area contributed by atoms with Gasteiger partial charge in [-0.05, 0) is 17.7 Å². The first-order valence-electron chi connectivity index (χ1n) is 7.37. The Hall–Kier alpha value is -0.280. The molecule has 2 rings (SSSR count). The van der Waals surface area contributed by atoms with Crippen molar-refractivity contribution in [2.24, 2.45) is 4.99 Å². The van der Waals surface area contributed by atoms with Gasteiger partial charge < -0.3 is 15.4 Å². The molecule has 1 fully saturated rings. The molecule has 0 aromatic heterocycles. The molecule has 2 N–H and O–H groups in total. The molecule has 0 bridgehead atoms. The lowest BCUT2D eigenvalue weighted by atomic mass is 10.2. The van der Waals surface area contributed by atoms with Gasteiger partial charge in [-0.1, -0.05) is 29.3 Å². The maximum atomic E-state index is 6.16. The van der Waals surface area contributed by atoms with Crippen molar-refractivity contribution in [3.8, 4) is 0 Å². The number of halogens is 3. The van der Waals surface area contributed by atoms with E-state index < -0.39 is 0 Å². The van der Waals surface area contributed by atoms with Crippen molar-refractivity contribution >= 4 is 53.1 Å². The molecule has 1 aromatic rings. The minimum absolute atomic E-state index is 0. The number of morpholine rings is 1. The van der Waals surface area contributed by atoms with E-state index >= 15 is 0 Å². The van der Waals surface area contributed by atoms with Crippen LogP contribution in [0.25, 0.3) is 0 Å². The summed E-state index contributed by atoms with van der Waals surface area (Å²) in [6, 6.07) is 5.49. The van der Waals surface area contributed by atoms with Crippen LogP contribution in [-0.4, -0.2) is 57.3 Å². The van der Waals surface area contributed by atoms with Crippen LogP contribution < -0.4 is 10.6 Å². The Bertz CT molecular complexity index is 510. The van der Waals surface area contributed by atoms with Crippen LogP contribution in [-0.2, 0) is 11.3 Å². The van der Waals surface area contributed by atoms with E-state index in [1.54, 1.807) is 13.1 Å². The summed E-state index contributed by atoms with van der Waals surface area (Å²) in [4.78, 5) is 6.59. The Morgan fingerprint density at radius 2 is 2.00 bits per heavy atom. The molecule has 0 amide bonds. The number of benzene rings is 1. The van der Waals surface area contributed by atoms with Crippen LogP contribution in [0.15, 0.2) is 23.2 Å². The van der Waals surface area contributed by atoms with E-state index in [-0.39, 0.29) is 24.0 Å². The first-order valence-corrected chi connectivity index (χ1v) is 8.13. The molecule has 0 aliphatic carbocycles. The third-order valence-electron chi connectivity index (χ3n) is 3.51. The highest BCUT2D eigenvalue weighted by Gasteiger charge is 2.09. The van der Waals surface area contributed by atoms with Crippen LogP contribution in [0.3, 0.4) is 0 Å².